The van der Waals surface area contributed by atoms with Crippen molar-refractivity contribution in [3.63, 3.8) is 0 Å². The van der Waals surface area contributed by atoms with Crippen LogP contribution in [0.4, 0.5) is 5.69 Å². The Morgan fingerprint density at radius 2 is 1.96 bits per heavy atom. The lowest BCUT2D eigenvalue weighted by atomic mass is 10.3. The number of ether oxygens (including phenoxy) is 1. The Labute approximate surface area is 143 Å². The molecule has 0 aliphatic carbocycles. The van der Waals surface area contributed by atoms with Gasteiger partial charge in [-0.3, -0.25) is 4.79 Å². The number of carbonyl (C=O) groups is 1. The number of amides is 1. The van der Waals surface area contributed by atoms with Crippen LogP contribution < -0.4 is 10.1 Å². The van der Waals surface area contributed by atoms with Gasteiger partial charge in [0.1, 0.15) is 11.5 Å². The minimum absolute atomic E-state index is 0.0772. The molecular weight excluding hydrogens is 348 g/mol. The number of fused-ring (bicyclic) bond motifs is 1. The van der Waals surface area contributed by atoms with Crippen LogP contribution in [0.3, 0.4) is 0 Å². The maximum Gasteiger partial charge on any atom is 0.239 e. The van der Waals surface area contributed by atoms with Crippen LogP contribution in [0.1, 0.15) is 0 Å². The van der Waals surface area contributed by atoms with Crippen LogP contribution in [0.25, 0.3) is 10.2 Å². The highest BCUT2D eigenvalue weighted by molar-refractivity contribution is 7.92. The molecule has 3 rings (SSSR count). The molecule has 0 radical (unpaired) electrons. The average Bonchev–Trinajstić information content (AvgIpc) is 3.02. The molecule has 1 N–H and O–H groups in total. The zero-order valence-corrected chi connectivity index (χ0v) is 14.4. The van der Waals surface area contributed by atoms with Crippen molar-refractivity contribution in [2.24, 2.45) is 0 Å². The number of nitrogens with one attached hydrogen (secondary N) is 1. The van der Waals surface area contributed by atoms with Crippen molar-refractivity contribution in [2.45, 2.75) is 4.90 Å². The number of nitrogens with zero attached hydrogens (tertiary/aromatic N) is 1. The van der Waals surface area contributed by atoms with Gasteiger partial charge < -0.3 is 10.1 Å². The normalized spacial score (nSPS) is 11.4. The first kappa shape index (κ1) is 16.4. The minimum atomic E-state index is -3.72. The molecule has 1 aromatic heterocycles. The van der Waals surface area contributed by atoms with Gasteiger partial charge in [-0.25, -0.2) is 13.4 Å². The van der Waals surface area contributed by atoms with Crippen molar-refractivity contribution in [3.05, 3.63) is 48.0 Å². The fraction of sp³-hybridized carbons (Fsp3) is 0.125. The molecule has 0 spiro atoms. The van der Waals surface area contributed by atoms with Gasteiger partial charge in [-0.1, -0.05) is 0 Å². The monoisotopic (exact) mass is 362 g/mol. The van der Waals surface area contributed by atoms with Crippen molar-refractivity contribution < 1.29 is 17.9 Å². The standard InChI is InChI=1S/C16H14N2O4S2/c1-22-12-3-5-13(6-4-12)24(20,21)9-16(19)18-11-2-7-15-14(8-11)17-10-23-15/h2-8,10H,9H2,1H3,(H,18,19). The van der Waals surface area contributed by atoms with E-state index in [0.29, 0.717) is 11.4 Å². The smallest absolute Gasteiger partial charge is 0.239 e. The number of rotatable bonds is 5. The van der Waals surface area contributed by atoms with E-state index in [9.17, 15) is 13.2 Å². The minimum Gasteiger partial charge on any atom is -0.497 e. The lowest BCUT2D eigenvalue weighted by Crippen LogP contribution is -2.23. The average molecular weight is 362 g/mol. The maximum atomic E-state index is 12.3. The molecular formula is C16H14N2O4S2. The van der Waals surface area contributed by atoms with E-state index >= 15 is 0 Å². The predicted octanol–water partition coefficient (Wildman–Crippen LogP) is 2.72. The van der Waals surface area contributed by atoms with E-state index in [2.05, 4.69) is 10.3 Å². The first-order valence-electron chi connectivity index (χ1n) is 6.98. The van der Waals surface area contributed by atoms with Crippen LogP contribution in [0.15, 0.2) is 52.9 Å². The highest BCUT2D eigenvalue weighted by atomic mass is 32.2. The Morgan fingerprint density at radius 3 is 2.67 bits per heavy atom. The van der Waals surface area contributed by atoms with Crippen molar-refractivity contribution in [3.8, 4) is 5.75 Å². The molecule has 6 nitrogen and oxygen atoms in total. The molecule has 3 aromatic rings. The summed E-state index contributed by atoms with van der Waals surface area (Å²) in [4.78, 5) is 16.3. The number of aromatic nitrogens is 1. The number of carbonyl (C=O) groups excluding carboxylic acids is 1. The van der Waals surface area contributed by atoms with E-state index in [1.54, 1.807) is 29.8 Å². The topological polar surface area (TPSA) is 85.4 Å². The van der Waals surface area contributed by atoms with Crippen molar-refractivity contribution in [1.29, 1.82) is 0 Å². The number of benzene rings is 2. The lowest BCUT2D eigenvalue weighted by molar-refractivity contribution is -0.113. The third-order valence-corrected chi connectivity index (χ3v) is 5.80. The second kappa shape index (κ2) is 6.58. The summed E-state index contributed by atoms with van der Waals surface area (Å²) in [5, 5.41) is 2.59. The van der Waals surface area contributed by atoms with E-state index < -0.39 is 21.5 Å². The summed E-state index contributed by atoms with van der Waals surface area (Å²) in [5.41, 5.74) is 2.99. The van der Waals surface area contributed by atoms with Gasteiger partial charge in [0.2, 0.25) is 5.91 Å². The molecule has 0 aliphatic heterocycles. The third-order valence-electron chi connectivity index (χ3n) is 3.35. The van der Waals surface area contributed by atoms with E-state index in [0.717, 1.165) is 10.2 Å². The van der Waals surface area contributed by atoms with Crippen molar-refractivity contribution in [2.75, 3.05) is 18.2 Å². The fourth-order valence-corrected chi connectivity index (χ4v) is 3.97. The van der Waals surface area contributed by atoms with E-state index in [-0.39, 0.29) is 4.90 Å². The molecule has 0 fully saturated rings. The van der Waals surface area contributed by atoms with E-state index in [1.807, 2.05) is 6.07 Å². The zero-order chi connectivity index (χ0) is 17.2. The van der Waals surface area contributed by atoms with Crippen molar-refractivity contribution >= 4 is 43.0 Å². The van der Waals surface area contributed by atoms with Crippen LogP contribution in [-0.4, -0.2) is 32.2 Å². The molecule has 2 aromatic carbocycles. The largest absolute Gasteiger partial charge is 0.497 e. The summed E-state index contributed by atoms with van der Waals surface area (Å²) in [5.74, 6) is -0.676. The third kappa shape index (κ3) is 3.55. The van der Waals surface area contributed by atoms with Crippen LogP contribution in [-0.2, 0) is 14.6 Å². The zero-order valence-electron chi connectivity index (χ0n) is 12.7. The van der Waals surface area contributed by atoms with Gasteiger partial charge in [-0.2, -0.15) is 0 Å². The molecule has 0 bridgehead atoms. The molecule has 0 saturated carbocycles. The number of hydrogen-bond acceptors (Lipinski definition) is 6. The van der Waals surface area contributed by atoms with Crippen LogP contribution >= 0.6 is 11.3 Å². The highest BCUT2D eigenvalue weighted by Gasteiger charge is 2.19. The van der Waals surface area contributed by atoms with Gasteiger partial charge in [0.15, 0.2) is 9.84 Å². The molecule has 0 aliphatic rings. The molecule has 0 unspecified atom stereocenters. The fourth-order valence-electron chi connectivity index (χ4n) is 2.17. The Morgan fingerprint density at radius 1 is 1.21 bits per heavy atom. The Kier molecular flexibility index (Phi) is 4.50. The summed E-state index contributed by atoms with van der Waals surface area (Å²) in [7, 11) is -2.22. The van der Waals surface area contributed by atoms with Gasteiger partial charge in [-0.05, 0) is 42.5 Å². The van der Waals surface area contributed by atoms with Crippen LogP contribution in [0.2, 0.25) is 0 Å². The number of methoxy groups -OCH3 is 1. The summed E-state index contributed by atoms with van der Waals surface area (Å²) < 4.78 is 30.6. The summed E-state index contributed by atoms with van der Waals surface area (Å²) in [6.45, 7) is 0. The lowest BCUT2D eigenvalue weighted by Gasteiger charge is -2.07. The van der Waals surface area contributed by atoms with E-state index in [4.69, 9.17) is 4.74 Å². The number of anilines is 1. The number of sulfone groups is 1. The van der Waals surface area contributed by atoms with Gasteiger partial charge in [-0.15, -0.1) is 11.3 Å². The Hall–Kier alpha value is -2.45. The quantitative estimate of drug-likeness (QED) is 0.754. The van der Waals surface area contributed by atoms with Gasteiger partial charge in [0.05, 0.1) is 27.7 Å². The van der Waals surface area contributed by atoms with Gasteiger partial charge >= 0.3 is 0 Å². The molecule has 124 valence electrons. The Bertz CT molecular complexity index is 979. The highest BCUT2D eigenvalue weighted by Crippen LogP contribution is 2.22. The molecule has 24 heavy (non-hydrogen) atoms. The summed E-state index contributed by atoms with van der Waals surface area (Å²) >= 11 is 1.50. The SMILES string of the molecule is COc1ccc(S(=O)(=O)CC(=O)Nc2ccc3scnc3c2)cc1. The Balaban J connectivity index is 1.72. The molecule has 8 heteroatoms. The van der Waals surface area contributed by atoms with Crippen molar-refractivity contribution in [1.82, 2.24) is 4.98 Å². The second-order valence-electron chi connectivity index (χ2n) is 5.02. The van der Waals surface area contributed by atoms with E-state index in [1.165, 1.54) is 30.6 Å². The summed E-state index contributed by atoms with van der Waals surface area (Å²) in [6, 6.07) is 11.2. The predicted molar refractivity (Wildman–Crippen MR) is 93.3 cm³/mol. The van der Waals surface area contributed by atoms with Crippen LogP contribution in [0, 0.1) is 0 Å². The first-order valence-corrected chi connectivity index (χ1v) is 9.51. The number of hydrogen-bond donors (Lipinski definition) is 1. The summed E-state index contributed by atoms with van der Waals surface area (Å²) in [6.07, 6.45) is 0. The number of thiazole rings is 1. The maximum absolute atomic E-state index is 12.3. The molecule has 1 amide bonds. The van der Waals surface area contributed by atoms with Gasteiger partial charge in [0, 0.05) is 5.69 Å². The molecule has 0 atom stereocenters. The van der Waals surface area contributed by atoms with Gasteiger partial charge in [0.25, 0.3) is 0 Å². The second-order valence-corrected chi connectivity index (χ2v) is 7.89. The van der Waals surface area contributed by atoms with Crippen LogP contribution in [0.5, 0.6) is 5.75 Å². The first-order chi connectivity index (χ1) is 11.5. The molecule has 0 saturated heterocycles. The molecule has 1 heterocycles.